The molecular formula is C26H17Cl2F3N4O. The first-order valence-corrected chi connectivity index (χ1v) is 11.4. The Hall–Kier alpha value is -3.46. The van der Waals surface area contributed by atoms with E-state index >= 15 is 0 Å². The highest BCUT2D eigenvalue weighted by Crippen LogP contribution is 2.42. The van der Waals surface area contributed by atoms with Crippen LogP contribution in [0.4, 0.5) is 13.2 Å². The molecule has 3 aromatic heterocycles. The third-order valence-electron chi connectivity index (χ3n) is 6.02. The van der Waals surface area contributed by atoms with Gasteiger partial charge in [-0.25, -0.2) is 9.97 Å². The molecule has 1 unspecified atom stereocenters. The zero-order valence-electron chi connectivity index (χ0n) is 18.6. The van der Waals surface area contributed by atoms with Crippen molar-refractivity contribution >= 4 is 34.1 Å². The van der Waals surface area contributed by atoms with Gasteiger partial charge in [0, 0.05) is 29.8 Å². The summed E-state index contributed by atoms with van der Waals surface area (Å²) in [5, 5.41) is 13.2. The molecule has 3 heterocycles. The third kappa shape index (κ3) is 4.01. The van der Waals surface area contributed by atoms with E-state index in [1.165, 1.54) is 18.6 Å². The van der Waals surface area contributed by atoms with Crippen LogP contribution < -0.4 is 0 Å². The summed E-state index contributed by atoms with van der Waals surface area (Å²) in [6.07, 6.45) is -0.671. The maximum Gasteiger partial charge on any atom is 0.433 e. The standard InChI is InChI=1S/C26H17Cl2F3N4O/c1-35-14-32-13-21(35)25(36,17-8-10-20(33-12-17)26(29,30)31)16-7-9-19-18(11-16)23(27)22(24(28)34-19)15-5-3-2-4-6-15/h2-14,36H,1H3. The zero-order chi connectivity index (χ0) is 25.7. The molecule has 0 saturated heterocycles. The Morgan fingerprint density at radius 3 is 2.25 bits per heavy atom. The van der Waals surface area contributed by atoms with Gasteiger partial charge in [-0.2, -0.15) is 13.2 Å². The van der Waals surface area contributed by atoms with Gasteiger partial charge in [0.1, 0.15) is 10.8 Å². The summed E-state index contributed by atoms with van der Waals surface area (Å²) in [5.41, 5.74) is -0.385. The average molecular weight is 529 g/mol. The van der Waals surface area contributed by atoms with Crippen molar-refractivity contribution in [1.29, 1.82) is 0 Å². The largest absolute Gasteiger partial charge is 0.433 e. The van der Waals surface area contributed by atoms with Crippen LogP contribution in [-0.4, -0.2) is 24.6 Å². The van der Waals surface area contributed by atoms with E-state index in [1.54, 1.807) is 29.8 Å². The van der Waals surface area contributed by atoms with Crippen molar-refractivity contribution in [2.75, 3.05) is 0 Å². The van der Waals surface area contributed by atoms with Crippen molar-refractivity contribution < 1.29 is 18.3 Å². The molecule has 5 nitrogen and oxygen atoms in total. The van der Waals surface area contributed by atoms with Gasteiger partial charge in [0.05, 0.1) is 28.8 Å². The summed E-state index contributed by atoms with van der Waals surface area (Å²) in [4.78, 5) is 12.1. The second kappa shape index (κ2) is 8.89. The quantitative estimate of drug-likeness (QED) is 0.265. The van der Waals surface area contributed by atoms with Gasteiger partial charge < -0.3 is 9.67 Å². The normalized spacial score (nSPS) is 13.6. The van der Waals surface area contributed by atoms with Crippen LogP contribution in [0, 0.1) is 0 Å². The second-order valence-electron chi connectivity index (χ2n) is 8.22. The number of aromatic nitrogens is 4. The van der Waals surface area contributed by atoms with E-state index in [2.05, 4.69) is 15.0 Å². The first-order valence-electron chi connectivity index (χ1n) is 10.7. The van der Waals surface area contributed by atoms with Crippen LogP contribution >= 0.6 is 23.2 Å². The number of hydrogen-bond acceptors (Lipinski definition) is 4. The molecule has 0 aliphatic rings. The summed E-state index contributed by atoms with van der Waals surface area (Å²) in [5.74, 6) is 0. The number of aliphatic hydroxyl groups is 1. The molecule has 10 heteroatoms. The molecule has 0 aliphatic carbocycles. The lowest BCUT2D eigenvalue weighted by Crippen LogP contribution is -2.31. The number of alkyl halides is 3. The molecule has 2 aromatic carbocycles. The van der Waals surface area contributed by atoms with E-state index < -0.39 is 17.5 Å². The molecular weight excluding hydrogens is 512 g/mol. The fourth-order valence-corrected chi connectivity index (χ4v) is 4.91. The predicted octanol–water partition coefficient (Wildman–Crippen LogP) is 6.64. The maximum atomic E-state index is 13.1. The van der Waals surface area contributed by atoms with Gasteiger partial charge >= 0.3 is 6.18 Å². The van der Waals surface area contributed by atoms with Gasteiger partial charge in [0.15, 0.2) is 5.60 Å². The number of halogens is 5. The molecule has 0 radical (unpaired) electrons. The SMILES string of the molecule is Cn1cncc1C(O)(c1ccc(C(F)(F)F)nc1)c1ccc2nc(Cl)c(-c3ccccc3)c(Cl)c2c1. The van der Waals surface area contributed by atoms with Crippen molar-refractivity contribution in [2.24, 2.45) is 7.05 Å². The molecule has 5 aromatic rings. The number of rotatable bonds is 4. The summed E-state index contributed by atoms with van der Waals surface area (Å²) in [6, 6.07) is 16.2. The summed E-state index contributed by atoms with van der Waals surface area (Å²) in [7, 11) is 1.67. The van der Waals surface area contributed by atoms with Crippen LogP contribution in [0.1, 0.15) is 22.5 Å². The Morgan fingerprint density at radius 1 is 0.917 bits per heavy atom. The monoisotopic (exact) mass is 528 g/mol. The Kier molecular flexibility index (Phi) is 5.98. The molecule has 182 valence electrons. The highest BCUT2D eigenvalue weighted by Gasteiger charge is 2.39. The van der Waals surface area contributed by atoms with Gasteiger partial charge in [-0.1, -0.05) is 65.7 Å². The van der Waals surface area contributed by atoms with Crippen molar-refractivity contribution in [3.8, 4) is 11.1 Å². The fraction of sp³-hybridized carbons (Fsp3) is 0.115. The number of hydrogen-bond donors (Lipinski definition) is 1. The van der Waals surface area contributed by atoms with Crippen LogP contribution in [-0.2, 0) is 18.8 Å². The van der Waals surface area contributed by atoms with Gasteiger partial charge in [0.25, 0.3) is 0 Å². The Balaban J connectivity index is 1.75. The van der Waals surface area contributed by atoms with E-state index in [1.807, 2.05) is 30.3 Å². The minimum absolute atomic E-state index is 0.125. The second-order valence-corrected chi connectivity index (χ2v) is 8.96. The van der Waals surface area contributed by atoms with Crippen LogP contribution in [0.5, 0.6) is 0 Å². The summed E-state index contributed by atoms with van der Waals surface area (Å²) in [6.45, 7) is 0. The number of fused-ring (bicyclic) bond motifs is 1. The number of pyridine rings is 2. The average Bonchev–Trinajstić information content (AvgIpc) is 3.30. The first kappa shape index (κ1) is 24.2. The van der Waals surface area contributed by atoms with Crippen LogP contribution in [0.25, 0.3) is 22.0 Å². The number of imidazole rings is 1. The Morgan fingerprint density at radius 2 is 1.64 bits per heavy atom. The van der Waals surface area contributed by atoms with Crippen molar-refractivity contribution in [3.63, 3.8) is 0 Å². The molecule has 0 spiro atoms. The van der Waals surface area contributed by atoms with Crippen molar-refractivity contribution in [3.05, 3.63) is 112 Å². The molecule has 1 N–H and O–H groups in total. The first-order chi connectivity index (χ1) is 17.1. The molecule has 0 fully saturated rings. The van der Waals surface area contributed by atoms with Crippen molar-refractivity contribution in [2.45, 2.75) is 11.8 Å². The lowest BCUT2D eigenvalue weighted by molar-refractivity contribution is -0.141. The lowest BCUT2D eigenvalue weighted by atomic mass is 9.83. The summed E-state index contributed by atoms with van der Waals surface area (Å²) >= 11 is 13.3. The van der Waals surface area contributed by atoms with Crippen LogP contribution in [0.3, 0.4) is 0 Å². The van der Waals surface area contributed by atoms with Crippen LogP contribution in [0.2, 0.25) is 10.2 Å². The Bertz CT molecular complexity index is 1570. The topological polar surface area (TPSA) is 63.8 Å². The highest BCUT2D eigenvalue weighted by molar-refractivity contribution is 6.42. The van der Waals surface area contributed by atoms with Gasteiger partial charge in [0.2, 0.25) is 0 Å². The number of aryl methyl sites for hydroxylation is 1. The van der Waals surface area contributed by atoms with E-state index in [4.69, 9.17) is 23.2 Å². The zero-order valence-corrected chi connectivity index (χ0v) is 20.1. The van der Waals surface area contributed by atoms with Crippen molar-refractivity contribution in [1.82, 2.24) is 19.5 Å². The Labute approximate surface area is 213 Å². The maximum absolute atomic E-state index is 13.1. The molecule has 0 amide bonds. The van der Waals surface area contributed by atoms with Gasteiger partial charge in [-0.3, -0.25) is 4.98 Å². The predicted molar refractivity (Wildman–Crippen MR) is 132 cm³/mol. The van der Waals surface area contributed by atoms with Gasteiger partial charge in [-0.15, -0.1) is 0 Å². The van der Waals surface area contributed by atoms with Gasteiger partial charge in [-0.05, 0) is 29.3 Å². The third-order valence-corrected chi connectivity index (χ3v) is 6.68. The molecule has 0 bridgehead atoms. The van der Waals surface area contributed by atoms with E-state index in [0.717, 1.165) is 17.8 Å². The lowest BCUT2D eigenvalue weighted by Gasteiger charge is -2.30. The molecule has 1 atom stereocenters. The van der Waals surface area contributed by atoms with E-state index in [9.17, 15) is 18.3 Å². The molecule has 0 aliphatic heterocycles. The molecule has 5 rings (SSSR count). The summed E-state index contributed by atoms with van der Waals surface area (Å²) < 4.78 is 41.0. The van der Waals surface area contributed by atoms with Crippen LogP contribution in [0.15, 0.2) is 79.4 Å². The smallest absolute Gasteiger partial charge is 0.374 e. The molecule has 36 heavy (non-hydrogen) atoms. The van der Waals surface area contributed by atoms with E-state index in [-0.39, 0.29) is 10.7 Å². The highest BCUT2D eigenvalue weighted by atomic mass is 35.5. The molecule has 0 saturated carbocycles. The minimum Gasteiger partial charge on any atom is -0.374 e. The fourth-order valence-electron chi connectivity index (χ4n) is 4.22. The minimum atomic E-state index is -4.61. The van der Waals surface area contributed by atoms with E-state index in [0.29, 0.717) is 32.7 Å². The number of nitrogens with zero attached hydrogens (tertiary/aromatic N) is 4. The number of benzene rings is 2.